The van der Waals surface area contributed by atoms with E-state index < -0.39 is 0 Å². The Kier molecular flexibility index (Phi) is 6.85. The zero-order valence-electron chi connectivity index (χ0n) is 10.3. The summed E-state index contributed by atoms with van der Waals surface area (Å²) in [5.74, 6) is 0. The summed E-state index contributed by atoms with van der Waals surface area (Å²) >= 11 is 3.23. The van der Waals surface area contributed by atoms with Crippen molar-refractivity contribution in [1.29, 1.82) is 0 Å². The fourth-order valence-corrected chi connectivity index (χ4v) is 1.87. The maximum absolute atomic E-state index is 10.9. The largest absolute Gasteiger partial charge is 0.382 e. The zero-order valence-corrected chi connectivity index (χ0v) is 11.9. The lowest BCUT2D eigenvalue weighted by atomic mass is 10.2. The molecule has 0 radical (unpaired) electrons. The molecule has 100 valence electrons. The molecule has 18 heavy (non-hydrogen) atoms. The summed E-state index contributed by atoms with van der Waals surface area (Å²) in [4.78, 5) is 10.5. The topological polar surface area (TPSA) is 64.4 Å². The first-order chi connectivity index (χ1) is 8.65. The quantitative estimate of drug-likeness (QED) is 0.455. The molecular weight excluding hydrogens is 300 g/mol. The smallest absolute Gasteiger partial charge is 0.275 e. The van der Waals surface area contributed by atoms with Crippen molar-refractivity contribution in [3.8, 4) is 0 Å². The number of halogens is 1. The summed E-state index contributed by atoms with van der Waals surface area (Å²) in [7, 11) is 0. The minimum atomic E-state index is -0.359. The van der Waals surface area contributed by atoms with Gasteiger partial charge in [0.05, 0.1) is 4.92 Å². The van der Waals surface area contributed by atoms with Crippen LogP contribution in [0.5, 0.6) is 0 Å². The van der Waals surface area contributed by atoms with Gasteiger partial charge in [-0.15, -0.1) is 0 Å². The van der Waals surface area contributed by atoms with E-state index in [9.17, 15) is 10.1 Å². The van der Waals surface area contributed by atoms with Gasteiger partial charge < -0.3 is 10.1 Å². The van der Waals surface area contributed by atoms with E-state index in [0.29, 0.717) is 23.2 Å². The first-order valence-electron chi connectivity index (χ1n) is 5.86. The van der Waals surface area contributed by atoms with Crippen LogP contribution in [0.25, 0.3) is 0 Å². The van der Waals surface area contributed by atoms with Crippen LogP contribution >= 0.6 is 15.9 Å². The molecule has 1 N–H and O–H groups in total. The van der Waals surface area contributed by atoms with Crippen LogP contribution in [0.2, 0.25) is 0 Å². The number of nitrogens with zero attached hydrogens (tertiary/aromatic N) is 1. The van der Waals surface area contributed by atoms with E-state index in [4.69, 9.17) is 4.74 Å². The van der Waals surface area contributed by atoms with Crippen LogP contribution in [0.4, 0.5) is 5.69 Å². The number of hydrogen-bond acceptors (Lipinski definition) is 4. The summed E-state index contributed by atoms with van der Waals surface area (Å²) in [6.45, 7) is 4.67. The Labute approximate surface area is 115 Å². The molecule has 0 heterocycles. The van der Waals surface area contributed by atoms with Gasteiger partial charge in [-0.05, 0) is 32.0 Å². The molecule has 0 saturated carbocycles. The van der Waals surface area contributed by atoms with Crippen LogP contribution in [0, 0.1) is 10.1 Å². The molecule has 0 amide bonds. The van der Waals surface area contributed by atoms with E-state index >= 15 is 0 Å². The Morgan fingerprint density at radius 2 is 2.28 bits per heavy atom. The van der Waals surface area contributed by atoms with Crippen LogP contribution in [-0.2, 0) is 11.3 Å². The average molecular weight is 317 g/mol. The molecular formula is C12H17BrN2O3. The molecule has 0 aliphatic heterocycles. The predicted molar refractivity (Wildman–Crippen MR) is 73.6 cm³/mol. The Morgan fingerprint density at radius 3 is 2.94 bits per heavy atom. The highest BCUT2D eigenvalue weighted by Crippen LogP contribution is 2.23. The van der Waals surface area contributed by atoms with Crippen molar-refractivity contribution >= 4 is 21.6 Å². The third-order valence-electron chi connectivity index (χ3n) is 2.41. The third-order valence-corrected chi connectivity index (χ3v) is 2.90. The second-order valence-corrected chi connectivity index (χ2v) is 4.67. The third kappa shape index (κ3) is 5.12. The summed E-state index contributed by atoms with van der Waals surface area (Å²) in [5, 5.41) is 14.1. The van der Waals surface area contributed by atoms with Crippen LogP contribution < -0.4 is 5.32 Å². The number of ether oxygens (including phenoxy) is 1. The number of nitro benzene ring substituents is 1. The lowest BCUT2D eigenvalue weighted by Gasteiger charge is -2.06. The van der Waals surface area contributed by atoms with E-state index in [-0.39, 0.29) is 10.6 Å². The molecule has 0 aromatic heterocycles. The van der Waals surface area contributed by atoms with Gasteiger partial charge in [-0.25, -0.2) is 0 Å². The minimum Gasteiger partial charge on any atom is -0.382 e. The van der Waals surface area contributed by atoms with E-state index in [1.54, 1.807) is 6.07 Å². The highest BCUT2D eigenvalue weighted by Gasteiger charge is 2.13. The lowest BCUT2D eigenvalue weighted by Crippen LogP contribution is -2.17. The molecule has 1 aromatic rings. The van der Waals surface area contributed by atoms with Gasteiger partial charge in [0.15, 0.2) is 0 Å². The van der Waals surface area contributed by atoms with Gasteiger partial charge in [-0.3, -0.25) is 10.1 Å². The number of nitro groups is 1. The van der Waals surface area contributed by atoms with Crippen molar-refractivity contribution in [3.63, 3.8) is 0 Å². The Hall–Kier alpha value is -0.980. The number of benzene rings is 1. The molecule has 6 heteroatoms. The molecule has 1 aromatic carbocycles. The van der Waals surface area contributed by atoms with Crippen molar-refractivity contribution in [3.05, 3.63) is 38.3 Å². The average Bonchev–Trinajstić information content (AvgIpc) is 2.35. The first-order valence-corrected chi connectivity index (χ1v) is 6.65. The van der Waals surface area contributed by atoms with Crippen LogP contribution in [0.15, 0.2) is 22.7 Å². The molecule has 0 saturated heterocycles. The van der Waals surface area contributed by atoms with Crippen molar-refractivity contribution in [2.75, 3.05) is 19.8 Å². The normalized spacial score (nSPS) is 10.6. The molecule has 1 rings (SSSR count). The molecule has 0 atom stereocenters. The monoisotopic (exact) mass is 316 g/mol. The molecule has 0 aliphatic carbocycles. The number of rotatable bonds is 8. The van der Waals surface area contributed by atoms with E-state index in [2.05, 4.69) is 21.2 Å². The standard InChI is InChI=1S/C12H17BrN2O3/c1-2-18-7-3-6-14-9-10-4-5-11(13)8-12(10)15(16)17/h4-5,8,14H,2-3,6-7,9H2,1H3. The van der Waals surface area contributed by atoms with E-state index in [1.165, 1.54) is 6.07 Å². The second kappa shape index (κ2) is 8.18. The van der Waals surface area contributed by atoms with Gasteiger partial charge in [-0.2, -0.15) is 0 Å². The number of hydrogen-bond donors (Lipinski definition) is 1. The first kappa shape index (κ1) is 15.1. The van der Waals surface area contributed by atoms with Crippen molar-refractivity contribution in [1.82, 2.24) is 5.32 Å². The molecule has 0 aliphatic rings. The summed E-state index contributed by atoms with van der Waals surface area (Å²) in [5.41, 5.74) is 0.835. The Bertz CT molecular complexity index is 399. The van der Waals surface area contributed by atoms with Crippen molar-refractivity contribution in [2.45, 2.75) is 19.9 Å². The maximum Gasteiger partial charge on any atom is 0.275 e. The Balaban J connectivity index is 2.44. The van der Waals surface area contributed by atoms with Gasteiger partial charge in [0.1, 0.15) is 0 Å². The second-order valence-electron chi connectivity index (χ2n) is 3.76. The van der Waals surface area contributed by atoms with Crippen LogP contribution in [0.3, 0.4) is 0 Å². The molecule has 0 bridgehead atoms. The van der Waals surface area contributed by atoms with Crippen LogP contribution in [0.1, 0.15) is 18.9 Å². The van der Waals surface area contributed by atoms with Gasteiger partial charge in [0.25, 0.3) is 5.69 Å². The van der Waals surface area contributed by atoms with Crippen molar-refractivity contribution in [2.24, 2.45) is 0 Å². The van der Waals surface area contributed by atoms with Gasteiger partial charge in [-0.1, -0.05) is 15.9 Å². The lowest BCUT2D eigenvalue weighted by molar-refractivity contribution is -0.385. The Morgan fingerprint density at radius 1 is 1.50 bits per heavy atom. The molecule has 0 fully saturated rings. The van der Waals surface area contributed by atoms with E-state index in [0.717, 1.165) is 19.6 Å². The number of nitrogens with one attached hydrogen (secondary N) is 1. The summed E-state index contributed by atoms with van der Waals surface area (Å²) in [6, 6.07) is 5.10. The van der Waals surface area contributed by atoms with Gasteiger partial charge in [0, 0.05) is 35.9 Å². The fourth-order valence-electron chi connectivity index (χ4n) is 1.52. The van der Waals surface area contributed by atoms with Gasteiger partial charge >= 0.3 is 0 Å². The zero-order chi connectivity index (χ0) is 13.4. The molecule has 5 nitrogen and oxygen atoms in total. The van der Waals surface area contributed by atoms with E-state index in [1.807, 2.05) is 13.0 Å². The minimum absolute atomic E-state index is 0.140. The maximum atomic E-state index is 10.9. The predicted octanol–water partition coefficient (Wildman–Crippen LogP) is 2.87. The highest BCUT2D eigenvalue weighted by atomic mass is 79.9. The molecule has 0 spiro atoms. The van der Waals surface area contributed by atoms with Crippen molar-refractivity contribution < 1.29 is 9.66 Å². The highest BCUT2D eigenvalue weighted by molar-refractivity contribution is 9.10. The van der Waals surface area contributed by atoms with Gasteiger partial charge in [0.2, 0.25) is 0 Å². The fraction of sp³-hybridized carbons (Fsp3) is 0.500. The SMILES string of the molecule is CCOCCCNCc1ccc(Br)cc1[N+](=O)[O-]. The summed E-state index contributed by atoms with van der Waals surface area (Å²) < 4.78 is 5.93. The molecule has 0 unspecified atom stereocenters. The van der Waals surface area contributed by atoms with Crippen LogP contribution in [-0.4, -0.2) is 24.7 Å². The summed E-state index contributed by atoms with van der Waals surface area (Å²) in [6.07, 6.45) is 0.901.